The second kappa shape index (κ2) is 39.6. The highest BCUT2D eigenvalue weighted by Gasteiger charge is 2.19. The van der Waals surface area contributed by atoms with Crippen molar-refractivity contribution in [1.29, 1.82) is 0 Å². The van der Waals surface area contributed by atoms with Crippen LogP contribution < -0.4 is 0 Å². The van der Waals surface area contributed by atoms with Crippen molar-refractivity contribution >= 4 is 17.9 Å². The van der Waals surface area contributed by atoms with Crippen molar-refractivity contribution in [1.82, 2.24) is 0 Å². The maximum absolute atomic E-state index is 12.6. The molecule has 0 aliphatic rings. The van der Waals surface area contributed by atoms with E-state index in [0.717, 1.165) is 63.7 Å². The molecule has 0 aromatic rings. The van der Waals surface area contributed by atoms with Gasteiger partial charge in [0, 0.05) is 19.3 Å². The first-order valence-corrected chi connectivity index (χ1v) is 22.4. The second-order valence-corrected chi connectivity index (χ2v) is 15.8. The Kier molecular flexibility index (Phi) is 38.4. The van der Waals surface area contributed by atoms with E-state index in [1.165, 1.54) is 141 Å². The quantitative estimate of drug-likeness (QED) is 0.0356. The third-order valence-electron chi connectivity index (χ3n) is 10.0. The van der Waals surface area contributed by atoms with E-state index in [0.29, 0.717) is 19.3 Å². The van der Waals surface area contributed by atoms with Crippen LogP contribution in [0.25, 0.3) is 0 Å². The molecule has 0 rings (SSSR count). The molecule has 0 aromatic heterocycles. The summed E-state index contributed by atoms with van der Waals surface area (Å²) in [6.45, 7) is 8.88. The lowest BCUT2D eigenvalue weighted by Crippen LogP contribution is -2.30. The summed E-state index contributed by atoms with van der Waals surface area (Å²) in [6, 6.07) is 0. The van der Waals surface area contributed by atoms with E-state index < -0.39 is 6.10 Å². The first kappa shape index (κ1) is 49.4. The van der Waals surface area contributed by atoms with E-state index in [1.54, 1.807) is 0 Å². The van der Waals surface area contributed by atoms with E-state index in [-0.39, 0.29) is 31.1 Å². The summed E-state index contributed by atoms with van der Waals surface area (Å²) in [5.41, 5.74) is 0. The molecule has 0 aliphatic heterocycles. The number of hydrogen-bond acceptors (Lipinski definition) is 6. The fourth-order valence-corrected chi connectivity index (χ4v) is 6.63. The van der Waals surface area contributed by atoms with Crippen LogP contribution in [0, 0.1) is 5.92 Å². The van der Waals surface area contributed by atoms with E-state index in [1.807, 2.05) is 0 Å². The average molecular weight is 723 g/mol. The molecule has 0 bridgehead atoms. The highest BCUT2D eigenvalue weighted by molar-refractivity contribution is 5.71. The van der Waals surface area contributed by atoms with Crippen molar-refractivity contribution in [2.24, 2.45) is 5.92 Å². The molecule has 51 heavy (non-hydrogen) atoms. The molecule has 0 unspecified atom stereocenters. The average Bonchev–Trinajstić information content (AvgIpc) is 3.11. The number of esters is 3. The molecule has 1 atom stereocenters. The summed E-state index contributed by atoms with van der Waals surface area (Å²) in [4.78, 5) is 37.5. The van der Waals surface area contributed by atoms with Crippen LogP contribution >= 0.6 is 0 Å². The van der Waals surface area contributed by atoms with Crippen molar-refractivity contribution in [3.8, 4) is 0 Å². The Labute approximate surface area is 317 Å². The van der Waals surface area contributed by atoms with Gasteiger partial charge < -0.3 is 14.2 Å². The van der Waals surface area contributed by atoms with Gasteiger partial charge in [0.05, 0.1) is 0 Å². The molecule has 6 nitrogen and oxygen atoms in total. The molecule has 0 saturated heterocycles. The highest BCUT2D eigenvalue weighted by atomic mass is 16.6. The van der Waals surface area contributed by atoms with Crippen molar-refractivity contribution in [2.75, 3.05) is 13.2 Å². The largest absolute Gasteiger partial charge is 0.462 e. The summed E-state index contributed by atoms with van der Waals surface area (Å²) in [6.07, 6.45) is 38.3. The zero-order valence-corrected chi connectivity index (χ0v) is 34.6. The molecule has 0 heterocycles. The first-order valence-electron chi connectivity index (χ1n) is 22.4. The maximum atomic E-state index is 12.6. The normalized spacial score (nSPS) is 11.9. The molecule has 0 N–H and O–H groups in total. The van der Waals surface area contributed by atoms with Gasteiger partial charge in [0.1, 0.15) is 13.2 Å². The van der Waals surface area contributed by atoms with Gasteiger partial charge in [0.25, 0.3) is 0 Å². The third-order valence-corrected chi connectivity index (χ3v) is 10.0. The molecule has 0 spiro atoms. The van der Waals surface area contributed by atoms with Gasteiger partial charge in [0.2, 0.25) is 0 Å². The Hall–Kier alpha value is -1.59. The molecule has 0 saturated carbocycles. The molecule has 0 radical (unpaired) electrons. The molecule has 0 amide bonds. The Morgan fingerprint density at radius 2 is 0.647 bits per heavy atom. The second-order valence-electron chi connectivity index (χ2n) is 15.8. The summed E-state index contributed by atoms with van der Waals surface area (Å²) in [5, 5.41) is 0. The molecule has 0 aliphatic carbocycles. The van der Waals surface area contributed by atoms with E-state index in [9.17, 15) is 14.4 Å². The number of carbonyl (C=O) groups is 3. The van der Waals surface area contributed by atoms with Gasteiger partial charge in [-0.25, -0.2) is 0 Å². The first-order chi connectivity index (χ1) is 24.9. The molecule has 6 heteroatoms. The molecule has 0 aromatic carbocycles. The lowest BCUT2D eigenvalue weighted by molar-refractivity contribution is -0.167. The molecule has 0 fully saturated rings. The Balaban J connectivity index is 4.18. The fourth-order valence-electron chi connectivity index (χ4n) is 6.63. The van der Waals surface area contributed by atoms with E-state index in [4.69, 9.17) is 14.2 Å². The maximum Gasteiger partial charge on any atom is 0.306 e. The number of unbranched alkanes of at least 4 members (excludes halogenated alkanes) is 27. The van der Waals surface area contributed by atoms with Crippen LogP contribution in [0.4, 0.5) is 0 Å². The van der Waals surface area contributed by atoms with Crippen LogP contribution in [0.2, 0.25) is 0 Å². The van der Waals surface area contributed by atoms with Crippen LogP contribution in [-0.4, -0.2) is 37.2 Å². The van der Waals surface area contributed by atoms with Gasteiger partial charge in [-0.15, -0.1) is 0 Å². The van der Waals surface area contributed by atoms with Gasteiger partial charge in [-0.1, -0.05) is 207 Å². The highest BCUT2D eigenvalue weighted by Crippen LogP contribution is 2.16. The Bertz CT molecular complexity index is 766. The number of rotatable bonds is 40. The summed E-state index contributed by atoms with van der Waals surface area (Å²) in [5.74, 6) is -0.108. The minimum absolute atomic E-state index is 0.0654. The summed E-state index contributed by atoms with van der Waals surface area (Å²) < 4.78 is 16.6. The monoisotopic (exact) mass is 723 g/mol. The van der Waals surface area contributed by atoms with Gasteiger partial charge in [-0.2, -0.15) is 0 Å². The predicted octanol–water partition coefficient (Wildman–Crippen LogP) is 13.9. The van der Waals surface area contributed by atoms with E-state index >= 15 is 0 Å². The van der Waals surface area contributed by atoms with Crippen molar-refractivity contribution in [2.45, 2.75) is 252 Å². The topological polar surface area (TPSA) is 78.9 Å². The van der Waals surface area contributed by atoms with Crippen LogP contribution in [-0.2, 0) is 28.6 Å². The van der Waals surface area contributed by atoms with Crippen LogP contribution in [0.1, 0.15) is 246 Å². The minimum Gasteiger partial charge on any atom is -0.462 e. The van der Waals surface area contributed by atoms with E-state index in [2.05, 4.69) is 27.7 Å². The van der Waals surface area contributed by atoms with Gasteiger partial charge in [0.15, 0.2) is 6.10 Å². The summed E-state index contributed by atoms with van der Waals surface area (Å²) >= 11 is 0. The fraction of sp³-hybridized carbons (Fsp3) is 0.933. The van der Waals surface area contributed by atoms with Crippen LogP contribution in [0.5, 0.6) is 0 Å². The van der Waals surface area contributed by atoms with Crippen molar-refractivity contribution in [3.05, 3.63) is 0 Å². The molecular weight excluding hydrogens is 636 g/mol. The van der Waals surface area contributed by atoms with Crippen molar-refractivity contribution in [3.63, 3.8) is 0 Å². The van der Waals surface area contributed by atoms with Crippen LogP contribution in [0.15, 0.2) is 0 Å². The SMILES string of the molecule is CCCCCCCCCCCCCCCCCCCC(=O)OC[C@@H](COC(=O)CCCCCCCCC)OC(=O)CCCCCCCCC(C)C. The third kappa shape index (κ3) is 39.5. The van der Waals surface area contributed by atoms with Gasteiger partial charge in [-0.05, 0) is 25.2 Å². The zero-order valence-electron chi connectivity index (χ0n) is 34.6. The standard InChI is InChI=1S/C45H86O6/c1-5-7-9-11-13-14-15-16-17-18-19-20-21-22-24-29-33-37-44(47)50-40-42(39-49-43(46)36-32-28-23-12-10-8-6-2)51-45(48)38-34-30-26-25-27-31-35-41(3)4/h41-42H,5-40H2,1-4H3/t42-/m1/s1. The number of hydrogen-bond donors (Lipinski definition) is 0. The summed E-state index contributed by atoms with van der Waals surface area (Å²) in [7, 11) is 0. The molecular formula is C45H86O6. The number of carbonyl (C=O) groups excluding carboxylic acids is 3. The van der Waals surface area contributed by atoms with Crippen LogP contribution in [0.3, 0.4) is 0 Å². The number of ether oxygens (including phenoxy) is 3. The lowest BCUT2D eigenvalue weighted by Gasteiger charge is -2.18. The molecule has 302 valence electrons. The van der Waals surface area contributed by atoms with Gasteiger partial charge in [-0.3, -0.25) is 14.4 Å². The Morgan fingerprint density at radius 3 is 0.961 bits per heavy atom. The Morgan fingerprint density at radius 1 is 0.373 bits per heavy atom. The predicted molar refractivity (Wildman–Crippen MR) is 215 cm³/mol. The van der Waals surface area contributed by atoms with Gasteiger partial charge >= 0.3 is 17.9 Å². The smallest absolute Gasteiger partial charge is 0.306 e. The zero-order chi connectivity index (χ0) is 37.5. The van der Waals surface area contributed by atoms with Crippen molar-refractivity contribution < 1.29 is 28.6 Å². The minimum atomic E-state index is -0.758. The lowest BCUT2D eigenvalue weighted by atomic mass is 10.0.